The molecule has 0 spiro atoms. The van der Waals surface area contributed by atoms with Gasteiger partial charge in [-0.2, -0.15) is 0 Å². The highest BCUT2D eigenvalue weighted by molar-refractivity contribution is 6.34. The molecular formula is C16H14ClN3. The van der Waals surface area contributed by atoms with E-state index in [2.05, 4.69) is 9.97 Å². The van der Waals surface area contributed by atoms with E-state index >= 15 is 0 Å². The molecule has 0 amide bonds. The largest absolute Gasteiger partial charge is 0.354 e. The van der Waals surface area contributed by atoms with E-state index in [-0.39, 0.29) is 0 Å². The minimum atomic E-state index is 0.533. The maximum absolute atomic E-state index is 6.26. The third-order valence-corrected chi connectivity index (χ3v) is 3.48. The average Bonchev–Trinajstić information content (AvgIpc) is 2.48. The van der Waals surface area contributed by atoms with E-state index in [1.54, 1.807) is 6.20 Å². The van der Waals surface area contributed by atoms with E-state index in [0.29, 0.717) is 11.7 Å². The van der Waals surface area contributed by atoms with Crippen LogP contribution in [0.15, 0.2) is 54.7 Å². The highest BCUT2D eigenvalue weighted by Gasteiger charge is 2.08. The topological polar surface area (TPSA) is 29.0 Å². The fraction of sp³-hybridized carbons (Fsp3) is 0.125. The first kappa shape index (κ1) is 12.9. The Kier molecular flexibility index (Phi) is 3.52. The molecule has 0 aliphatic rings. The second kappa shape index (κ2) is 5.47. The highest BCUT2D eigenvalue weighted by atomic mass is 35.5. The number of pyridine rings is 2. The first-order valence-electron chi connectivity index (χ1n) is 6.40. The van der Waals surface area contributed by atoms with Crippen LogP contribution < -0.4 is 4.90 Å². The molecule has 3 rings (SSSR count). The number of fused-ring (bicyclic) bond motifs is 1. The molecule has 2 aromatic heterocycles. The van der Waals surface area contributed by atoms with Gasteiger partial charge in [0.15, 0.2) is 0 Å². The predicted molar refractivity (Wildman–Crippen MR) is 83.1 cm³/mol. The Morgan fingerprint density at radius 2 is 1.90 bits per heavy atom. The van der Waals surface area contributed by atoms with Crippen molar-refractivity contribution in [3.8, 4) is 0 Å². The molecule has 4 heteroatoms. The number of nitrogens with zero attached hydrogens (tertiary/aromatic N) is 3. The fourth-order valence-electron chi connectivity index (χ4n) is 2.15. The van der Waals surface area contributed by atoms with Crippen molar-refractivity contribution >= 4 is 28.2 Å². The average molecular weight is 284 g/mol. The Hall–Kier alpha value is -2.13. The number of hydrogen-bond donors (Lipinski definition) is 0. The maximum atomic E-state index is 6.26. The molecule has 0 bridgehead atoms. The zero-order valence-electron chi connectivity index (χ0n) is 11.1. The third-order valence-electron chi connectivity index (χ3n) is 3.20. The predicted octanol–water partition coefficient (Wildman–Crippen LogP) is 3.92. The quantitative estimate of drug-likeness (QED) is 0.682. The minimum absolute atomic E-state index is 0.533. The lowest BCUT2D eigenvalue weighted by Gasteiger charge is -2.18. The zero-order chi connectivity index (χ0) is 13.9. The molecule has 100 valence electrons. The van der Waals surface area contributed by atoms with Crippen LogP contribution in [0.3, 0.4) is 0 Å². The Bertz CT molecular complexity index is 728. The number of benzene rings is 1. The monoisotopic (exact) mass is 283 g/mol. The van der Waals surface area contributed by atoms with Gasteiger partial charge in [0.2, 0.25) is 0 Å². The summed E-state index contributed by atoms with van der Waals surface area (Å²) in [6.07, 6.45) is 1.80. The van der Waals surface area contributed by atoms with Gasteiger partial charge in [-0.3, -0.25) is 4.98 Å². The molecule has 0 radical (unpaired) electrons. The molecule has 20 heavy (non-hydrogen) atoms. The molecule has 0 saturated carbocycles. The first-order valence-corrected chi connectivity index (χ1v) is 6.78. The van der Waals surface area contributed by atoms with Crippen molar-refractivity contribution in [1.29, 1.82) is 0 Å². The van der Waals surface area contributed by atoms with Gasteiger partial charge >= 0.3 is 0 Å². The molecule has 3 aromatic rings. The summed E-state index contributed by atoms with van der Waals surface area (Å²) >= 11 is 6.26. The van der Waals surface area contributed by atoms with Gasteiger partial charge in [0.05, 0.1) is 12.2 Å². The zero-order valence-corrected chi connectivity index (χ0v) is 11.9. The molecule has 0 aliphatic heterocycles. The van der Waals surface area contributed by atoms with E-state index in [1.165, 1.54) is 0 Å². The second-order valence-corrected chi connectivity index (χ2v) is 5.03. The Balaban J connectivity index is 1.93. The van der Waals surface area contributed by atoms with Crippen LogP contribution >= 0.6 is 11.6 Å². The van der Waals surface area contributed by atoms with Gasteiger partial charge in [0, 0.05) is 18.6 Å². The van der Waals surface area contributed by atoms with Crippen LogP contribution in [-0.4, -0.2) is 17.0 Å². The lowest BCUT2D eigenvalue weighted by atomic mass is 10.2. The van der Waals surface area contributed by atoms with Crippen LogP contribution in [-0.2, 0) is 6.54 Å². The summed E-state index contributed by atoms with van der Waals surface area (Å²) in [7, 11) is 1.99. The van der Waals surface area contributed by atoms with Crippen molar-refractivity contribution in [3.05, 3.63) is 65.6 Å². The Morgan fingerprint density at radius 3 is 2.70 bits per heavy atom. The van der Waals surface area contributed by atoms with E-state index in [0.717, 1.165) is 22.3 Å². The van der Waals surface area contributed by atoms with Crippen LogP contribution in [0.4, 0.5) is 5.82 Å². The number of anilines is 1. The standard InChI is InChI=1S/C16H14ClN3/c1-20(11-13-7-4-5-9-18-13)15-10-12-6-2-3-8-14(12)16(17)19-15/h2-10H,11H2,1H3. The van der Waals surface area contributed by atoms with Gasteiger partial charge < -0.3 is 4.90 Å². The summed E-state index contributed by atoms with van der Waals surface area (Å²) in [6, 6.07) is 15.9. The van der Waals surface area contributed by atoms with Crippen LogP contribution in [0, 0.1) is 0 Å². The molecule has 1 aromatic carbocycles. The summed E-state index contributed by atoms with van der Waals surface area (Å²) < 4.78 is 0. The van der Waals surface area contributed by atoms with Gasteiger partial charge in [0.25, 0.3) is 0 Å². The summed E-state index contributed by atoms with van der Waals surface area (Å²) in [6.45, 7) is 0.697. The molecule has 2 heterocycles. The molecule has 0 aliphatic carbocycles. The Labute approximate surface area is 122 Å². The first-order chi connectivity index (χ1) is 9.74. The molecule has 0 saturated heterocycles. The van der Waals surface area contributed by atoms with Gasteiger partial charge in [-0.15, -0.1) is 0 Å². The van der Waals surface area contributed by atoms with Crippen molar-refractivity contribution in [2.45, 2.75) is 6.54 Å². The van der Waals surface area contributed by atoms with Crippen molar-refractivity contribution in [2.75, 3.05) is 11.9 Å². The molecule has 0 unspecified atom stereocenters. The summed E-state index contributed by atoms with van der Waals surface area (Å²) in [5.74, 6) is 0.847. The Morgan fingerprint density at radius 1 is 1.10 bits per heavy atom. The van der Waals surface area contributed by atoms with E-state index in [1.807, 2.05) is 60.5 Å². The van der Waals surface area contributed by atoms with Crippen molar-refractivity contribution in [1.82, 2.24) is 9.97 Å². The number of hydrogen-bond acceptors (Lipinski definition) is 3. The second-order valence-electron chi connectivity index (χ2n) is 4.67. The van der Waals surface area contributed by atoms with Crippen molar-refractivity contribution in [2.24, 2.45) is 0 Å². The van der Waals surface area contributed by atoms with Gasteiger partial charge in [0.1, 0.15) is 11.0 Å². The van der Waals surface area contributed by atoms with Crippen LogP contribution in [0.2, 0.25) is 5.15 Å². The summed E-state index contributed by atoms with van der Waals surface area (Å²) in [5.41, 5.74) is 1.00. The normalized spacial score (nSPS) is 10.7. The van der Waals surface area contributed by atoms with Crippen molar-refractivity contribution < 1.29 is 0 Å². The maximum Gasteiger partial charge on any atom is 0.139 e. The van der Waals surface area contributed by atoms with E-state index < -0.39 is 0 Å². The summed E-state index contributed by atoms with van der Waals surface area (Å²) in [4.78, 5) is 10.8. The van der Waals surface area contributed by atoms with Gasteiger partial charge in [-0.05, 0) is 23.6 Å². The van der Waals surface area contributed by atoms with Crippen molar-refractivity contribution in [3.63, 3.8) is 0 Å². The minimum Gasteiger partial charge on any atom is -0.354 e. The molecule has 3 nitrogen and oxygen atoms in total. The van der Waals surface area contributed by atoms with Crippen LogP contribution in [0.1, 0.15) is 5.69 Å². The lowest BCUT2D eigenvalue weighted by Crippen LogP contribution is -2.18. The van der Waals surface area contributed by atoms with E-state index in [9.17, 15) is 0 Å². The number of halogens is 1. The van der Waals surface area contributed by atoms with Gasteiger partial charge in [-0.25, -0.2) is 4.98 Å². The molecule has 0 atom stereocenters. The van der Waals surface area contributed by atoms with Gasteiger partial charge in [-0.1, -0.05) is 41.9 Å². The number of rotatable bonds is 3. The third kappa shape index (κ3) is 2.58. The number of aromatic nitrogens is 2. The molecule has 0 fully saturated rings. The fourth-order valence-corrected chi connectivity index (χ4v) is 2.41. The SMILES string of the molecule is CN(Cc1ccccn1)c1cc2ccccc2c(Cl)n1. The smallest absolute Gasteiger partial charge is 0.139 e. The van der Waals surface area contributed by atoms with Crippen LogP contribution in [0.25, 0.3) is 10.8 Å². The van der Waals surface area contributed by atoms with Crippen LogP contribution in [0.5, 0.6) is 0 Å². The van der Waals surface area contributed by atoms with E-state index in [4.69, 9.17) is 11.6 Å². The molecule has 0 N–H and O–H groups in total. The summed E-state index contributed by atoms with van der Waals surface area (Å²) in [5, 5.41) is 2.60. The highest BCUT2D eigenvalue weighted by Crippen LogP contribution is 2.26. The molecular weight excluding hydrogens is 270 g/mol. The lowest BCUT2D eigenvalue weighted by molar-refractivity contribution is 0.867.